The summed E-state index contributed by atoms with van der Waals surface area (Å²) in [5.74, 6) is 1.10. The van der Waals surface area contributed by atoms with Gasteiger partial charge in [-0.2, -0.15) is 0 Å². The Bertz CT molecular complexity index is 394. The lowest BCUT2D eigenvalue weighted by Gasteiger charge is -2.26. The van der Waals surface area contributed by atoms with Crippen LogP contribution in [0.25, 0.3) is 0 Å². The monoisotopic (exact) mass is 217 g/mol. The van der Waals surface area contributed by atoms with E-state index in [1.54, 1.807) is 0 Å². The largest absolute Gasteiger partial charge is 0.487 e. The van der Waals surface area contributed by atoms with E-state index < -0.39 is 0 Å². The number of fused-ring (bicyclic) bond motifs is 1. The number of hydrogen-bond acceptors (Lipinski definition) is 2. The zero-order chi connectivity index (χ0) is 11.0. The lowest BCUT2D eigenvalue weighted by Crippen LogP contribution is -2.28. The summed E-state index contributed by atoms with van der Waals surface area (Å²) >= 11 is 0. The molecular weight excluding hydrogens is 198 g/mol. The molecule has 0 atom stereocenters. The Morgan fingerprint density at radius 1 is 1.25 bits per heavy atom. The second-order valence-corrected chi connectivity index (χ2v) is 5.22. The van der Waals surface area contributed by atoms with E-state index in [0.717, 1.165) is 18.7 Å². The van der Waals surface area contributed by atoms with E-state index in [4.69, 9.17) is 4.74 Å². The third-order valence-electron chi connectivity index (χ3n) is 3.84. The number of nitrogens with one attached hydrogen (secondary N) is 1. The van der Waals surface area contributed by atoms with Gasteiger partial charge in [0.25, 0.3) is 0 Å². The molecule has 1 fully saturated rings. The molecule has 1 aromatic carbocycles. The normalized spacial score (nSPS) is 21.6. The van der Waals surface area contributed by atoms with E-state index in [0.29, 0.717) is 0 Å². The molecule has 2 heteroatoms. The van der Waals surface area contributed by atoms with Crippen LogP contribution in [0.1, 0.15) is 38.2 Å². The average molecular weight is 217 g/mol. The van der Waals surface area contributed by atoms with Gasteiger partial charge in [0.05, 0.1) is 0 Å². The zero-order valence-electron chi connectivity index (χ0n) is 9.88. The molecule has 0 aromatic heterocycles. The summed E-state index contributed by atoms with van der Waals surface area (Å²) in [5.41, 5.74) is 2.72. The average Bonchev–Trinajstić information content (AvgIpc) is 2.87. The molecular formula is C14H19NO. The van der Waals surface area contributed by atoms with Crippen molar-refractivity contribution >= 4 is 5.69 Å². The Morgan fingerprint density at radius 3 is 2.88 bits per heavy atom. The van der Waals surface area contributed by atoms with E-state index in [-0.39, 0.29) is 5.60 Å². The van der Waals surface area contributed by atoms with Gasteiger partial charge in [0.15, 0.2) is 0 Å². The van der Waals surface area contributed by atoms with E-state index in [2.05, 4.69) is 30.4 Å². The van der Waals surface area contributed by atoms with Gasteiger partial charge in [0, 0.05) is 17.8 Å². The molecule has 2 nitrogen and oxygen atoms in total. The summed E-state index contributed by atoms with van der Waals surface area (Å²) in [6, 6.07) is 6.35. The van der Waals surface area contributed by atoms with Gasteiger partial charge in [0.1, 0.15) is 11.4 Å². The topological polar surface area (TPSA) is 21.3 Å². The Kier molecular flexibility index (Phi) is 2.31. The van der Waals surface area contributed by atoms with Crippen molar-refractivity contribution in [3.63, 3.8) is 0 Å². The van der Waals surface area contributed by atoms with Gasteiger partial charge in [-0.05, 0) is 51.2 Å². The first kappa shape index (κ1) is 10.0. The molecule has 1 aliphatic heterocycles. The first-order valence-electron chi connectivity index (χ1n) is 6.32. The van der Waals surface area contributed by atoms with Gasteiger partial charge in [-0.3, -0.25) is 0 Å². The van der Waals surface area contributed by atoms with Crippen molar-refractivity contribution in [3.05, 3.63) is 23.8 Å². The maximum absolute atomic E-state index is 6.27. The minimum atomic E-state index is 0.0811. The third-order valence-corrected chi connectivity index (χ3v) is 3.84. The number of hydrogen-bond donors (Lipinski definition) is 1. The first-order chi connectivity index (χ1) is 7.77. The number of anilines is 1. The summed E-state index contributed by atoms with van der Waals surface area (Å²) in [6.45, 7) is 3.30. The molecule has 86 valence electrons. The molecule has 1 aliphatic carbocycles. The molecule has 1 saturated carbocycles. The van der Waals surface area contributed by atoms with E-state index in [1.165, 1.54) is 36.9 Å². The summed E-state index contributed by atoms with van der Waals surface area (Å²) < 4.78 is 6.27. The number of benzene rings is 1. The molecule has 0 bridgehead atoms. The van der Waals surface area contributed by atoms with Crippen LogP contribution in [-0.4, -0.2) is 12.1 Å². The van der Waals surface area contributed by atoms with Crippen molar-refractivity contribution in [1.29, 1.82) is 0 Å². The van der Waals surface area contributed by atoms with Crippen LogP contribution in [0.4, 0.5) is 5.69 Å². The molecule has 1 N–H and O–H groups in total. The maximum atomic E-state index is 6.27. The smallest absolute Gasteiger partial charge is 0.125 e. The molecule has 0 amide bonds. The van der Waals surface area contributed by atoms with Gasteiger partial charge >= 0.3 is 0 Å². The summed E-state index contributed by atoms with van der Waals surface area (Å²) in [4.78, 5) is 0. The Balaban J connectivity index is 1.87. The number of ether oxygens (including phenoxy) is 1. The van der Waals surface area contributed by atoms with Crippen molar-refractivity contribution in [2.24, 2.45) is 0 Å². The molecule has 0 radical (unpaired) electrons. The predicted molar refractivity (Wildman–Crippen MR) is 66.1 cm³/mol. The van der Waals surface area contributed by atoms with Gasteiger partial charge in [-0.1, -0.05) is 6.07 Å². The molecule has 2 aliphatic rings. The fraction of sp³-hybridized carbons (Fsp3) is 0.571. The fourth-order valence-electron chi connectivity index (χ4n) is 2.90. The summed E-state index contributed by atoms with van der Waals surface area (Å²) in [6.07, 6.45) is 6.11. The van der Waals surface area contributed by atoms with Crippen LogP contribution in [0.5, 0.6) is 5.75 Å². The third kappa shape index (κ3) is 1.66. The van der Waals surface area contributed by atoms with Crippen LogP contribution >= 0.6 is 0 Å². The van der Waals surface area contributed by atoms with E-state index in [1.807, 2.05) is 0 Å². The Labute approximate surface area is 97.0 Å². The lowest BCUT2D eigenvalue weighted by atomic mass is 10.0. The first-order valence-corrected chi connectivity index (χ1v) is 6.32. The second kappa shape index (κ2) is 3.69. The SMILES string of the molecule is CC1(Oc2cccc3c2CCN3)CCCC1. The van der Waals surface area contributed by atoms with Crippen molar-refractivity contribution in [3.8, 4) is 5.75 Å². The van der Waals surface area contributed by atoms with Crippen LogP contribution in [0.3, 0.4) is 0 Å². The number of rotatable bonds is 2. The van der Waals surface area contributed by atoms with Crippen molar-refractivity contribution in [1.82, 2.24) is 0 Å². The van der Waals surface area contributed by atoms with E-state index in [9.17, 15) is 0 Å². The fourth-order valence-corrected chi connectivity index (χ4v) is 2.90. The highest BCUT2D eigenvalue weighted by Gasteiger charge is 2.31. The Hall–Kier alpha value is -1.18. The molecule has 0 unspecified atom stereocenters. The van der Waals surface area contributed by atoms with Gasteiger partial charge in [0.2, 0.25) is 0 Å². The van der Waals surface area contributed by atoms with Crippen LogP contribution in [0, 0.1) is 0 Å². The van der Waals surface area contributed by atoms with Crippen molar-refractivity contribution in [2.75, 3.05) is 11.9 Å². The minimum absolute atomic E-state index is 0.0811. The van der Waals surface area contributed by atoms with Crippen LogP contribution < -0.4 is 10.1 Å². The molecule has 1 heterocycles. The second-order valence-electron chi connectivity index (χ2n) is 5.22. The molecule has 1 aromatic rings. The highest BCUT2D eigenvalue weighted by Crippen LogP contribution is 2.38. The van der Waals surface area contributed by atoms with Gasteiger partial charge in [-0.25, -0.2) is 0 Å². The Morgan fingerprint density at radius 2 is 2.06 bits per heavy atom. The standard InChI is InChI=1S/C14H19NO/c1-14(8-2-3-9-14)16-13-6-4-5-12-11(13)7-10-15-12/h4-6,15H,2-3,7-10H2,1H3. The summed E-state index contributed by atoms with van der Waals surface area (Å²) in [5, 5.41) is 3.40. The van der Waals surface area contributed by atoms with Crippen LogP contribution in [-0.2, 0) is 6.42 Å². The molecule has 3 rings (SSSR count). The van der Waals surface area contributed by atoms with E-state index >= 15 is 0 Å². The van der Waals surface area contributed by atoms with Crippen LogP contribution in [0.15, 0.2) is 18.2 Å². The summed E-state index contributed by atoms with van der Waals surface area (Å²) in [7, 11) is 0. The quantitative estimate of drug-likeness (QED) is 0.820. The zero-order valence-corrected chi connectivity index (χ0v) is 9.88. The molecule has 16 heavy (non-hydrogen) atoms. The minimum Gasteiger partial charge on any atom is -0.487 e. The van der Waals surface area contributed by atoms with Gasteiger partial charge < -0.3 is 10.1 Å². The van der Waals surface area contributed by atoms with Crippen molar-refractivity contribution < 1.29 is 4.74 Å². The molecule has 0 spiro atoms. The van der Waals surface area contributed by atoms with Crippen LogP contribution in [0.2, 0.25) is 0 Å². The lowest BCUT2D eigenvalue weighted by molar-refractivity contribution is 0.0958. The maximum Gasteiger partial charge on any atom is 0.125 e. The highest BCUT2D eigenvalue weighted by atomic mass is 16.5. The van der Waals surface area contributed by atoms with Gasteiger partial charge in [-0.15, -0.1) is 0 Å². The molecule has 0 saturated heterocycles. The highest BCUT2D eigenvalue weighted by molar-refractivity contribution is 5.61. The predicted octanol–water partition coefficient (Wildman–Crippen LogP) is 3.37. The van der Waals surface area contributed by atoms with Crippen molar-refractivity contribution in [2.45, 2.75) is 44.6 Å².